The maximum atomic E-state index is 13.0. The molecule has 0 fully saturated rings. The molecule has 0 spiro atoms. The molecule has 196 valence electrons. The Kier molecular flexibility index (Phi) is 8.40. The van der Waals surface area contributed by atoms with Gasteiger partial charge in [-0.1, -0.05) is 87.5 Å². The molecular weight excluding hydrogens is 476 g/mol. The molecule has 0 aliphatic heterocycles. The second-order valence-corrected chi connectivity index (χ2v) is 15.2. The van der Waals surface area contributed by atoms with Crippen molar-refractivity contribution < 1.29 is 14.0 Å². The van der Waals surface area contributed by atoms with Gasteiger partial charge in [-0.15, -0.1) is 0 Å². The van der Waals surface area contributed by atoms with Gasteiger partial charge in [0.05, 0.1) is 13.7 Å². The Hall–Kier alpha value is -3.09. The molecule has 6 heteroatoms. The number of nitrogens with zero attached hydrogens (tertiary/aromatic N) is 1. The van der Waals surface area contributed by atoms with Gasteiger partial charge in [0.15, 0.2) is 0 Å². The van der Waals surface area contributed by atoms with Gasteiger partial charge in [-0.2, -0.15) is 0 Å². The number of ether oxygens (including phenoxy) is 1. The number of hydrogen-bond acceptors (Lipinski definition) is 4. The van der Waals surface area contributed by atoms with E-state index in [0.29, 0.717) is 13.2 Å². The molecule has 0 saturated heterocycles. The number of rotatable bonds is 7. The number of aryl methyl sites for hydroxylation is 2. The van der Waals surface area contributed by atoms with Crippen molar-refractivity contribution in [3.8, 4) is 0 Å². The first-order chi connectivity index (χ1) is 17.8. The van der Waals surface area contributed by atoms with Crippen LogP contribution in [0.3, 0.4) is 0 Å². The highest BCUT2D eigenvalue weighted by molar-refractivity contribution is 6.99. The number of methoxy groups -OCH3 is 1. The minimum absolute atomic E-state index is 0.0869. The second kappa shape index (κ2) is 11.5. The summed E-state index contributed by atoms with van der Waals surface area (Å²) in [6, 6.07) is 27.5. The molecule has 37 heavy (non-hydrogen) atoms. The minimum atomic E-state index is -2.67. The fraction of sp³-hybridized carbons (Fsp3) is 0.387. The summed E-state index contributed by atoms with van der Waals surface area (Å²) in [5.74, 6) is 0. The summed E-state index contributed by atoms with van der Waals surface area (Å²) < 4.78 is 12.3. The molecule has 1 atom stereocenters. The zero-order valence-electron chi connectivity index (χ0n) is 22.6. The van der Waals surface area contributed by atoms with E-state index in [1.807, 2.05) is 23.1 Å². The first-order valence-electron chi connectivity index (χ1n) is 13.2. The fourth-order valence-corrected chi connectivity index (χ4v) is 10.4. The lowest BCUT2D eigenvalue weighted by atomic mass is 10.0. The molecule has 1 amide bonds. The van der Waals surface area contributed by atoms with Gasteiger partial charge in [0.25, 0.3) is 8.32 Å². The van der Waals surface area contributed by atoms with Crippen LogP contribution < -0.4 is 16.1 Å². The molecule has 1 aliphatic rings. The SMILES string of the molecule is COC(=O)N(CCO[Si](c1ccccc1)(c1ccccc1)C(C)(C)C)C1CCc2ccc(N)cc2CC1. The number of carbonyl (C=O) groups excluding carboxylic acids is 1. The molecule has 0 saturated carbocycles. The van der Waals surface area contributed by atoms with Crippen molar-refractivity contribution in [1.82, 2.24) is 4.90 Å². The second-order valence-electron chi connectivity index (χ2n) is 10.9. The maximum absolute atomic E-state index is 13.0. The van der Waals surface area contributed by atoms with Crippen LogP contribution in [0.25, 0.3) is 0 Å². The molecular formula is C31H40N2O3Si. The van der Waals surface area contributed by atoms with E-state index in [1.54, 1.807) is 0 Å². The van der Waals surface area contributed by atoms with Gasteiger partial charge < -0.3 is 19.8 Å². The van der Waals surface area contributed by atoms with Crippen LogP contribution in [-0.2, 0) is 22.0 Å². The Morgan fingerprint density at radius 1 is 0.919 bits per heavy atom. The first-order valence-corrected chi connectivity index (χ1v) is 15.1. The van der Waals surface area contributed by atoms with Crippen LogP contribution in [0, 0.1) is 0 Å². The van der Waals surface area contributed by atoms with Crippen molar-refractivity contribution in [3.63, 3.8) is 0 Å². The van der Waals surface area contributed by atoms with Crippen LogP contribution in [0.15, 0.2) is 78.9 Å². The molecule has 5 nitrogen and oxygen atoms in total. The lowest BCUT2D eigenvalue weighted by Gasteiger charge is -2.43. The Bertz CT molecular complexity index is 1140. The molecule has 2 N–H and O–H groups in total. The van der Waals surface area contributed by atoms with Crippen molar-refractivity contribution >= 4 is 30.5 Å². The van der Waals surface area contributed by atoms with Crippen LogP contribution in [0.2, 0.25) is 5.04 Å². The van der Waals surface area contributed by atoms with Crippen LogP contribution in [0.5, 0.6) is 0 Å². The number of anilines is 1. The Labute approximate surface area is 222 Å². The zero-order valence-corrected chi connectivity index (χ0v) is 23.6. The Balaban J connectivity index is 1.59. The van der Waals surface area contributed by atoms with E-state index in [0.717, 1.165) is 31.4 Å². The molecule has 1 aliphatic carbocycles. The minimum Gasteiger partial charge on any atom is -0.453 e. The lowest BCUT2D eigenvalue weighted by molar-refractivity contribution is 0.0905. The standard InChI is InChI=1S/C31H40N2O3Si/c1-31(2,3)37(28-11-7-5-8-12-28,29-13-9-6-10-14-29)36-22-21-33(30(34)35-4)27-19-16-24-15-18-26(32)23-25(24)17-20-27/h5-15,18,23,27H,16-17,19-22,32H2,1-4H3. The Morgan fingerprint density at radius 3 is 2.03 bits per heavy atom. The number of fused-ring (bicyclic) bond motifs is 1. The Morgan fingerprint density at radius 2 is 1.49 bits per heavy atom. The van der Waals surface area contributed by atoms with Gasteiger partial charge in [-0.25, -0.2) is 4.79 Å². The largest absolute Gasteiger partial charge is 0.453 e. The molecule has 0 aromatic heterocycles. The van der Waals surface area contributed by atoms with E-state index in [-0.39, 0.29) is 17.2 Å². The van der Waals surface area contributed by atoms with Crippen molar-refractivity contribution in [2.24, 2.45) is 0 Å². The highest BCUT2D eigenvalue weighted by Crippen LogP contribution is 2.37. The zero-order chi connectivity index (χ0) is 26.5. The summed E-state index contributed by atoms with van der Waals surface area (Å²) in [6.07, 6.45) is 3.30. The van der Waals surface area contributed by atoms with Crippen LogP contribution >= 0.6 is 0 Å². The van der Waals surface area contributed by atoms with Crippen LogP contribution in [0.4, 0.5) is 10.5 Å². The number of benzene rings is 3. The number of carbonyl (C=O) groups is 1. The van der Waals surface area contributed by atoms with Crippen molar-refractivity contribution in [2.75, 3.05) is 26.0 Å². The summed E-state index contributed by atoms with van der Waals surface area (Å²) in [7, 11) is -1.21. The third-order valence-electron chi connectivity index (χ3n) is 7.64. The van der Waals surface area contributed by atoms with Gasteiger partial charge in [-0.05, 0) is 64.4 Å². The van der Waals surface area contributed by atoms with E-state index >= 15 is 0 Å². The molecule has 0 heterocycles. The monoisotopic (exact) mass is 516 g/mol. The van der Waals surface area contributed by atoms with Crippen molar-refractivity contribution in [3.05, 3.63) is 90.0 Å². The molecule has 3 aromatic carbocycles. The number of amides is 1. The van der Waals surface area contributed by atoms with Gasteiger partial charge in [0.1, 0.15) is 0 Å². The van der Waals surface area contributed by atoms with E-state index in [2.05, 4.69) is 81.4 Å². The van der Waals surface area contributed by atoms with Gasteiger partial charge in [-0.3, -0.25) is 0 Å². The quantitative estimate of drug-likeness (QED) is 0.268. The van der Waals surface area contributed by atoms with Crippen LogP contribution in [0.1, 0.15) is 44.7 Å². The van der Waals surface area contributed by atoms with Crippen molar-refractivity contribution in [2.45, 2.75) is 57.5 Å². The normalized spacial score (nSPS) is 15.9. The molecule has 3 aromatic rings. The van der Waals surface area contributed by atoms with Gasteiger partial charge in [0, 0.05) is 18.3 Å². The van der Waals surface area contributed by atoms with E-state index < -0.39 is 8.32 Å². The van der Waals surface area contributed by atoms with Gasteiger partial charge in [0.2, 0.25) is 0 Å². The predicted octanol–water partition coefficient (Wildman–Crippen LogP) is 5.16. The molecule has 1 unspecified atom stereocenters. The molecule has 4 rings (SSSR count). The smallest absolute Gasteiger partial charge is 0.409 e. The summed E-state index contributed by atoms with van der Waals surface area (Å²) in [5.41, 5.74) is 9.44. The average Bonchev–Trinajstić information content (AvgIpc) is 3.11. The maximum Gasteiger partial charge on any atom is 0.409 e. The van der Waals surface area contributed by atoms with Crippen LogP contribution in [-0.4, -0.2) is 45.6 Å². The highest BCUT2D eigenvalue weighted by Gasteiger charge is 2.50. The summed E-state index contributed by atoms with van der Waals surface area (Å²) in [4.78, 5) is 14.9. The average molecular weight is 517 g/mol. The van der Waals surface area contributed by atoms with E-state index in [9.17, 15) is 4.79 Å². The molecule has 0 bridgehead atoms. The third-order valence-corrected chi connectivity index (χ3v) is 12.7. The van der Waals surface area contributed by atoms with Gasteiger partial charge >= 0.3 is 6.09 Å². The molecule has 0 radical (unpaired) electrons. The first kappa shape index (κ1) is 27.0. The summed E-state index contributed by atoms with van der Waals surface area (Å²) in [6.45, 7) is 7.74. The summed E-state index contributed by atoms with van der Waals surface area (Å²) in [5, 5.41) is 2.36. The topological polar surface area (TPSA) is 64.8 Å². The number of hydrogen-bond donors (Lipinski definition) is 1. The summed E-state index contributed by atoms with van der Waals surface area (Å²) >= 11 is 0. The number of nitrogen functional groups attached to an aromatic ring is 1. The van der Waals surface area contributed by atoms with Crippen molar-refractivity contribution in [1.29, 1.82) is 0 Å². The van der Waals surface area contributed by atoms with E-state index in [1.165, 1.54) is 28.6 Å². The predicted molar refractivity (Wildman–Crippen MR) is 154 cm³/mol. The van der Waals surface area contributed by atoms with E-state index in [4.69, 9.17) is 14.9 Å². The third kappa shape index (κ3) is 5.75. The highest BCUT2D eigenvalue weighted by atomic mass is 28.4. The number of nitrogens with two attached hydrogens (primary N) is 1. The fourth-order valence-electron chi connectivity index (χ4n) is 5.82. The lowest BCUT2D eigenvalue weighted by Crippen LogP contribution is -2.67.